The molecule has 0 atom stereocenters. The van der Waals surface area contributed by atoms with Crippen molar-refractivity contribution in [2.45, 2.75) is 0 Å². The Labute approximate surface area is 90.4 Å². The minimum absolute atomic E-state index is 1.69. The second-order valence-corrected chi connectivity index (χ2v) is 2.69. The lowest BCUT2D eigenvalue weighted by Gasteiger charge is -1.84. The van der Waals surface area contributed by atoms with Gasteiger partial charge in [-0.2, -0.15) is 5.10 Å². The van der Waals surface area contributed by atoms with E-state index in [1.54, 1.807) is 12.4 Å². The summed E-state index contributed by atoms with van der Waals surface area (Å²) in [7, 11) is 0. The summed E-state index contributed by atoms with van der Waals surface area (Å²) in [5.41, 5.74) is 2.78. The molecule has 2 heteroatoms. The van der Waals surface area contributed by atoms with Gasteiger partial charge < -0.3 is 0 Å². The first-order valence-electron chi connectivity index (χ1n) is 4.77. The van der Waals surface area contributed by atoms with Crippen molar-refractivity contribution in [1.82, 2.24) is 5.43 Å². The molecule has 0 aromatic rings. The Morgan fingerprint density at radius 3 is 1.60 bits per heavy atom. The number of hydrogen-bond acceptors (Lipinski definition) is 2. The van der Waals surface area contributed by atoms with Crippen molar-refractivity contribution in [3.8, 4) is 0 Å². The molecule has 0 saturated heterocycles. The fourth-order valence-corrected chi connectivity index (χ4v) is 0.855. The van der Waals surface area contributed by atoms with E-state index in [1.165, 1.54) is 0 Å². The number of rotatable bonds is 0. The van der Waals surface area contributed by atoms with Crippen LogP contribution in [-0.2, 0) is 0 Å². The average Bonchev–Trinajstić information content (AvgIpc) is 2.27. The number of hydrogen-bond donors (Lipinski definition) is 1. The van der Waals surface area contributed by atoms with Crippen molar-refractivity contribution in [2.75, 3.05) is 0 Å². The van der Waals surface area contributed by atoms with Crippen molar-refractivity contribution in [2.24, 2.45) is 5.10 Å². The third-order valence-corrected chi connectivity index (χ3v) is 1.52. The third-order valence-electron chi connectivity index (χ3n) is 1.52. The van der Waals surface area contributed by atoms with Gasteiger partial charge in [0, 0.05) is 12.4 Å². The lowest BCUT2D eigenvalue weighted by Crippen LogP contribution is -1.91. The normalized spacial score (nSPS) is 30.9. The van der Waals surface area contributed by atoms with Crippen LogP contribution in [0, 0.1) is 0 Å². The van der Waals surface area contributed by atoms with Gasteiger partial charge in [0.1, 0.15) is 0 Å². The van der Waals surface area contributed by atoms with E-state index in [9.17, 15) is 0 Å². The van der Waals surface area contributed by atoms with E-state index in [1.807, 2.05) is 66.8 Å². The van der Waals surface area contributed by atoms with Gasteiger partial charge in [-0.05, 0) is 12.2 Å². The summed E-state index contributed by atoms with van der Waals surface area (Å²) in [6.45, 7) is 0. The Balaban J connectivity index is 2.62. The highest BCUT2D eigenvalue weighted by Gasteiger charge is 1.67. The van der Waals surface area contributed by atoms with E-state index in [2.05, 4.69) is 10.5 Å². The summed E-state index contributed by atoms with van der Waals surface area (Å²) in [6, 6.07) is 0. The third kappa shape index (κ3) is 7.02. The molecule has 0 radical (unpaired) electrons. The Hall–Kier alpha value is -2.09. The first kappa shape index (κ1) is 11.0. The zero-order valence-corrected chi connectivity index (χ0v) is 8.45. The molecular formula is C13H14N2. The molecule has 15 heavy (non-hydrogen) atoms. The first-order chi connectivity index (χ1) is 7.50. The summed E-state index contributed by atoms with van der Waals surface area (Å²) in [6.07, 6.45) is 24.8. The smallest absolute Gasteiger partial charge is 0.0472 e. The largest absolute Gasteiger partial charge is 0.286 e. The molecule has 76 valence electrons. The standard InChI is InChI=1S/C13H14N2/c1-2-4-6-8-10-12-14-15-13-11-9-7-5-3-1/h1-14H/b3-1-,4-2-,7-5-,8-6+,11-9-,12-10-,15-13-. The van der Waals surface area contributed by atoms with Crippen LogP contribution in [0.1, 0.15) is 0 Å². The topological polar surface area (TPSA) is 24.4 Å². The highest BCUT2D eigenvalue weighted by atomic mass is 15.3. The van der Waals surface area contributed by atoms with Crippen LogP contribution in [0.3, 0.4) is 0 Å². The minimum atomic E-state index is 1.69. The van der Waals surface area contributed by atoms with Gasteiger partial charge in [0.15, 0.2) is 0 Å². The minimum Gasteiger partial charge on any atom is -0.286 e. The van der Waals surface area contributed by atoms with Crippen molar-refractivity contribution < 1.29 is 0 Å². The highest BCUT2D eigenvalue weighted by molar-refractivity contribution is 5.71. The molecule has 0 fully saturated rings. The van der Waals surface area contributed by atoms with Crippen LogP contribution in [0.5, 0.6) is 0 Å². The van der Waals surface area contributed by atoms with Gasteiger partial charge >= 0.3 is 0 Å². The molecule has 1 rings (SSSR count). The lowest BCUT2D eigenvalue weighted by molar-refractivity contribution is 0.977. The van der Waals surface area contributed by atoms with E-state index >= 15 is 0 Å². The molecule has 1 N–H and O–H groups in total. The quantitative estimate of drug-likeness (QED) is 0.636. The van der Waals surface area contributed by atoms with E-state index < -0.39 is 0 Å². The number of nitrogens with zero attached hydrogens (tertiary/aromatic N) is 1. The molecule has 0 unspecified atom stereocenters. The molecular weight excluding hydrogens is 184 g/mol. The predicted octanol–water partition coefficient (Wildman–Crippen LogP) is 2.87. The fourth-order valence-electron chi connectivity index (χ4n) is 0.855. The number of hydrazone groups is 1. The molecule has 0 saturated carbocycles. The van der Waals surface area contributed by atoms with Gasteiger partial charge in [-0.1, -0.05) is 54.7 Å². The molecule has 1 heterocycles. The van der Waals surface area contributed by atoms with E-state index in [4.69, 9.17) is 0 Å². The maximum atomic E-state index is 3.93. The Morgan fingerprint density at radius 1 is 0.533 bits per heavy atom. The van der Waals surface area contributed by atoms with Gasteiger partial charge in [-0.25, -0.2) is 0 Å². The van der Waals surface area contributed by atoms with Crippen LogP contribution in [0.2, 0.25) is 0 Å². The second-order valence-electron chi connectivity index (χ2n) is 2.69. The summed E-state index contributed by atoms with van der Waals surface area (Å²) in [5, 5.41) is 3.93. The van der Waals surface area contributed by atoms with Crippen LogP contribution in [0.25, 0.3) is 0 Å². The zero-order chi connectivity index (χ0) is 10.6. The number of allylic oxidation sites excluding steroid dienone is 11. The Kier molecular flexibility index (Phi) is 6.23. The van der Waals surface area contributed by atoms with Gasteiger partial charge in [0.05, 0.1) is 0 Å². The molecule has 0 aromatic carbocycles. The summed E-state index contributed by atoms with van der Waals surface area (Å²) >= 11 is 0. The van der Waals surface area contributed by atoms with Gasteiger partial charge in [-0.3, -0.25) is 5.43 Å². The van der Waals surface area contributed by atoms with E-state index in [0.29, 0.717) is 0 Å². The van der Waals surface area contributed by atoms with Gasteiger partial charge in [-0.15, -0.1) is 0 Å². The molecule has 0 bridgehead atoms. The number of nitrogens with one attached hydrogen (secondary N) is 1. The van der Waals surface area contributed by atoms with E-state index in [0.717, 1.165) is 0 Å². The first-order valence-corrected chi connectivity index (χ1v) is 4.77. The Morgan fingerprint density at radius 2 is 1.00 bits per heavy atom. The summed E-state index contributed by atoms with van der Waals surface area (Å²) in [5.74, 6) is 0. The highest BCUT2D eigenvalue weighted by Crippen LogP contribution is 1.84. The maximum absolute atomic E-state index is 3.93. The lowest BCUT2D eigenvalue weighted by atomic mass is 10.3. The monoisotopic (exact) mass is 198 g/mol. The van der Waals surface area contributed by atoms with Crippen LogP contribution in [0.15, 0.2) is 78.1 Å². The summed E-state index contributed by atoms with van der Waals surface area (Å²) in [4.78, 5) is 0. The molecule has 0 amide bonds. The molecule has 2 nitrogen and oxygen atoms in total. The molecule has 1 aliphatic heterocycles. The summed E-state index contributed by atoms with van der Waals surface area (Å²) < 4.78 is 0. The van der Waals surface area contributed by atoms with Gasteiger partial charge in [0.25, 0.3) is 0 Å². The fraction of sp³-hybridized carbons (Fsp3) is 0. The van der Waals surface area contributed by atoms with Crippen molar-refractivity contribution >= 4 is 6.21 Å². The molecule has 0 spiro atoms. The Bertz CT molecular complexity index is 319. The van der Waals surface area contributed by atoms with Gasteiger partial charge in [0.2, 0.25) is 0 Å². The van der Waals surface area contributed by atoms with E-state index in [-0.39, 0.29) is 0 Å². The zero-order valence-electron chi connectivity index (χ0n) is 8.45. The molecule has 0 aromatic heterocycles. The van der Waals surface area contributed by atoms with Crippen molar-refractivity contribution in [1.29, 1.82) is 0 Å². The second kappa shape index (κ2) is 8.51. The van der Waals surface area contributed by atoms with Crippen molar-refractivity contribution in [3.05, 3.63) is 73.0 Å². The van der Waals surface area contributed by atoms with Crippen LogP contribution in [0.4, 0.5) is 0 Å². The SMILES string of the molecule is C1=C\C=C/C=N\N\C=C/C=C/C=C\C=C/1. The van der Waals surface area contributed by atoms with Crippen LogP contribution >= 0.6 is 0 Å². The van der Waals surface area contributed by atoms with Crippen LogP contribution < -0.4 is 5.43 Å². The van der Waals surface area contributed by atoms with Crippen molar-refractivity contribution in [3.63, 3.8) is 0 Å². The molecule has 1 aliphatic rings. The average molecular weight is 198 g/mol. The van der Waals surface area contributed by atoms with Crippen LogP contribution in [-0.4, -0.2) is 6.21 Å². The predicted molar refractivity (Wildman–Crippen MR) is 66.5 cm³/mol. The maximum Gasteiger partial charge on any atom is 0.0472 e. The molecule has 0 aliphatic carbocycles.